The van der Waals surface area contributed by atoms with Crippen molar-refractivity contribution in [2.45, 2.75) is 13.3 Å². The Morgan fingerprint density at radius 3 is 2.65 bits per heavy atom. The molecule has 90 valence electrons. The van der Waals surface area contributed by atoms with Crippen LogP contribution >= 0.6 is 0 Å². The van der Waals surface area contributed by atoms with Crippen molar-refractivity contribution in [2.24, 2.45) is 0 Å². The number of hydrogen-bond donors (Lipinski definition) is 1. The highest BCUT2D eigenvalue weighted by Gasteiger charge is 2.13. The molecule has 2 rings (SSSR count). The highest BCUT2D eigenvalue weighted by atomic mass is 19.1. The van der Waals surface area contributed by atoms with Crippen LogP contribution in [0.1, 0.15) is 23.0 Å². The van der Waals surface area contributed by atoms with E-state index in [0.717, 1.165) is 12.0 Å². The van der Waals surface area contributed by atoms with Crippen molar-refractivity contribution in [3.63, 3.8) is 0 Å². The number of amides is 1. The van der Waals surface area contributed by atoms with Crippen LogP contribution in [0, 0.1) is 5.82 Å². The van der Waals surface area contributed by atoms with Gasteiger partial charge in [-0.25, -0.2) is 4.39 Å². The number of fused-ring (bicyclic) bond motifs is 1. The number of hydrogen-bond acceptors (Lipinski definition) is 1. The Bertz CT molecular complexity index is 572. The molecule has 1 amide bonds. The van der Waals surface area contributed by atoms with E-state index in [1.165, 1.54) is 11.0 Å². The monoisotopic (exact) mass is 234 g/mol. The van der Waals surface area contributed by atoms with E-state index in [4.69, 9.17) is 0 Å². The molecule has 3 nitrogen and oxygen atoms in total. The van der Waals surface area contributed by atoms with Gasteiger partial charge in [0.15, 0.2) is 0 Å². The summed E-state index contributed by atoms with van der Waals surface area (Å²) < 4.78 is 13.8. The van der Waals surface area contributed by atoms with E-state index < -0.39 is 0 Å². The van der Waals surface area contributed by atoms with Crippen molar-refractivity contribution in [2.75, 3.05) is 14.1 Å². The van der Waals surface area contributed by atoms with Crippen LogP contribution in [0.2, 0.25) is 0 Å². The third-order valence-electron chi connectivity index (χ3n) is 2.79. The summed E-state index contributed by atoms with van der Waals surface area (Å²) in [5.74, 6) is -0.438. The number of nitrogens with one attached hydrogen (secondary N) is 1. The molecule has 0 saturated heterocycles. The smallest absolute Gasteiger partial charge is 0.269 e. The summed E-state index contributed by atoms with van der Waals surface area (Å²) in [7, 11) is 3.34. The molecule has 0 bridgehead atoms. The van der Waals surface area contributed by atoms with Crippen LogP contribution in [0.3, 0.4) is 0 Å². The highest BCUT2D eigenvalue weighted by Crippen LogP contribution is 2.21. The van der Waals surface area contributed by atoms with Gasteiger partial charge in [0.05, 0.1) is 0 Å². The molecule has 4 heteroatoms. The van der Waals surface area contributed by atoms with Crippen LogP contribution in [0.4, 0.5) is 4.39 Å². The summed E-state index contributed by atoms with van der Waals surface area (Å²) in [6, 6.07) is 4.96. The quantitative estimate of drug-likeness (QED) is 0.851. The van der Waals surface area contributed by atoms with Gasteiger partial charge < -0.3 is 9.88 Å². The summed E-state index contributed by atoms with van der Waals surface area (Å²) >= 11 is 0. The van der Waals surface area contributed by atoms with Gasteiger partial charge in [0.25, 0.3) is 5.91 Å². The molecule has 0 atom stereocenters. The predicted octanol–water partition coefficient (Wildman–Crippen LogP) is 2.57. The highest BCUT2D eigenvalue weighted by molar-refractivity contribution is 5.98. The third-order valence-corrected chi connectivity index (χ3v) is 2.79. The maximum absolute atomic E-state index is 13.8. The van der Waals surface area contributed by atoms with Crippen LogP contribution in [0.5, 0.6) is 0 Å². The fourth-order valence-corrected chi connectivity index (χ4v) is 1.81. The molecule has 0 saturated carbocycles. The van der Waals surface area contributed by atoms with E-state index in [9.17, 15) is 9.18 Å². The van der Waals surface area contributed by atoms with Gasteiger partial charge in [-0.1, -0.05) is 6.92 Å². The Labute approximate surface area is 99.2 Å². The first kappa shape index (κ1) is 11.6. The molecular weight excluding hydrogens is 219 g/mol. The van der Waals surface area contributed by atoms with Crippen LogP contribution in [0.15, 0.2) is 18.2 Å². The molecule has 0 unspecified atom stereocenters. The Morgan fingerprint density at radius 1 is 1.35 bits per heavy atom. The maximum atomic E-state index is 13.8. The van der Waals surface area contributed by atoms with Gasteiger partial charge in [-0.05, 0) is 30.2 Å². The van der Waals surface area contributed by atoms with E-state index in [1.54, 1.807) is 20.2 Å². The number of H-pyrrole nitrogens is 1. The summed E-state index contributed by atoms with van der Waals surface area (Å²) in [4.78, 5) is 16.2. The predicted molar refractivity (Wildman–Crippen MR) is 65.7 cm³/mol. The number of aryl methyl sites for hydroxylation is 1. The maximum Gasteiger partial charge on any atom is 0.269 e. The van der Waals surface area contributed by atoms with Crippen LogP contribution < -0.4 is 0 Å². The second-order valence-corrected chi connectivity index (χ2v) is 4.28. The van der Waals surface area contributed by atoms with E-state index in [0.29, 0.717) is 16.6 Å². The number of carbonyl (C=O) groups excluding carboxylic acids is 1. The first-order valence-electron chi connectivity index (χ1n) is 5.55. The molecule has 0 aliphatic rings. The number of carbonyl (C=O) groups is 1. The Hall–Kier alpha value is -1.84. The Kier molecular flexibility index (Phi) is 2.88. The normalized spacial score (nSPS) is 10.8. The van der Waals surface area contributed by atoms with Crippen molar-refractivity contribution in [3.8, 4) is 0 Å². The molecule has 1 aromatic heterocycles. The summed E-state index contributed by atoms with van der Waals surface area (Å²) in [5, 5.41) is 0.465. The summed E-state index contributed by atoms with van der Waals surface area (Å²) in [6.07, 6.45) is 0.767. The van der Waals surface area contributed by atoms with Crippen molar-refractivity contribution in [3.05, 3.63) is 35.3 Å². The molecular formula is C13H15FN2O. The van der Waals surface area contributed by atoms with Gasteiger partial charge >= 0.3 is 0 Å². The number of benzene rings is 1. The molecule has 0 spiro atoms. The number of aromatic amines is 1. The molecule has 0 aliphatic heterocycles. The lowest BCUT2D eigenvalue weighted by atomic mass is 10.1. The fourth-order valence-electron chi connectivity index (χ4n) is 1.81. The minimum atomic E-state index is -0.284. The van der Waals surface area contributed by atoms with Crippen LogP contribution in [-0.2, 0) is 6.42 Å². The molecule has 1 N–H and O–H groups in total. The molecule has 1 aromatic carbocycles. The third kappa shape index (κ3) is 2.02. The lowest BCUT2D eigenvalue weighted by Gasteiger charge is -2.07. The lowest BCUT2D eigenvalue weighted by molar-refractivity contribution is 0.0823. The number of aromatic nitrogens is 1. The molecule has 1 heterocycles. The van der Waals surface area contributed by atoms with Crippen molar-refractivity contribution < 1.29 is 9.18 Å². The SMILES string of the molecule is CCc1cc(F)c2cc(C(=O)N(C)C)[nH]c2c1. The fraction of sp³-hybridized carbons (Fsp3) is 0.308. The standard InChI is InChI=1S/C13H15FN2O/c1-4-8-5-10(14)9-7-12(13(17)16(2)3)15-11(9)6-8/h5-7,15H,4H2,1-3H3. The molecule has 2 aromatic rings. The molecule has 17 heavy (non-hydrogen) atoms. The number of halogens is 1. The van der Waals surface area contributed by atoms with E-state index in [2.05, 4.69) is 4.98 Å². The van der Waals surface area contributed by atoms with Gasteiger partial charge in [-0.3, -0.25) is 4.79 Å². The minimum absolute atomic E-state index is 0.154. The van der Waals surface area contributed by atoms with Gasteiger partial charge in [0, 0.05) is 25.0 Å². The van der Waals surface area contributed by atoms with Gasteiger partial charge in [0.2, 0.25) is 0 Å². The zero-order chi connectivity index (χ0) is 12.6. The van der Waals surface area contributed by atoms with E-state index in [1.807, 2.05) is 13.0 Å². The average Bonchev–Trinajstić information content (AvgIpc) is 2.71. The van der Waals surface area contributed by atoms with Gasteiger partial charge in [0.1, 0.15) is 11.5 Å². The zero-order valence-corrected chi connectivity index (χ0v) is 10.2. The molecule has 0 fully saturated rings. The van der Waals surface area contributed by atoms with Crippen molar-refractivity contribution in [1.29, 1.82) is 0 Å². The lowest BCUT2D eigenvalue weighted by Crippen LogP contribution is -2.21. The largest absolute Gasteiger partial charge is 0.350 e. The van der Waals surface area contributed by atoms with E-state index in [-0.39, 0.29) is 11.7 Å². The first-order valence-corrected chi connectivity index (χ1v) is 5.55. The van der Waals surface area contributed by atoms with Crippen LogP contribution in [0.25, 0.3) is 10.9 Å². The minimum Gasteiger partial charge on any atom is -0.350 e. The summed E-state index contributed by atoms with van der Waals surface area (Å²) in [6.45, 7) is 1.97. The Morgan fingerprint density at radius 2 is 2.06 bits per heavy atom. The molecule has 0 aliphatic carbocycles. The van der Waals surface area contributed by atoms with Crippen molar-refractivity contribution in [1.82, 2.24) is 9.88 Å². The summed E-state index contributed by atoms with van der Waals surface area (Å²) in [5.41, 5.74) is 2.00. The number of nitrogens with zero attached hydrogens (tertiary/aromatic N) is 1. The first-order chi connectivity index (χ1) is 8.02. The second kappa shape index (κ2) is 4.20. The average molecular weight is 234 g/mol. The van der Waals surface area contributed by atoms with Gasteiger partial charge in [-0.15, -0.1) is 0 Å². The zero-order valence-electron chi connectivity index (χ0n) is 10.2. The van der Waals surface area contributed by atoms with Crippen molar-refractivity contribution >= 4 is 16.8 Å². The molecule has 0 radical (unpaired) electrons. The van der Waals surface area contributed by atoms with Crippen LogP contribution in [-0.4, -0.2) is 29.9 Å². The van der Waals surface area contributed by atoms with Gasteiger partial charge in [-0.2, -0.15) is 0 Å². The number of rotatable bonds is 2. The second-order valence-electron chi connectivity index (χ2n) is 4.28. The van der Waals surface area contributed by atoms with E-state index >= 15 is 0 Å². The topological polar surface area (TPSA) is 36.1 Å². The Balaban J connectivity index is 2.57.